The summed E-state index contributed by atoms with van der Waals surface area (Å²) in [6.07, 6.45) is 6.36. The van der Waals surface area contributed by atoms with Crippen molar-refractivity contribution in [1.29, 1.82) is 0 Å². The number of hydrogen-bond acceptors (Lipinski definition) is 5. The molecule has 1 fully saturated rings. The third-order valence-electron chi connectivity index (χ3n) is 8.62. The molecule has 0 unspecified atom stereocenters. The summed E-state index contributed by atoms with van der Waals surface area (Å²) in [7, 11) is 1.90. The number of unbranched alkanes of at least 4 members (excludes halogenated alkanes) is 1. The number of hydrogen-bond donors (Lipinski definition) is 1. The molecule has 1 aromatic heterocycles. The van der Waals surface area contributed by atoms with E-state index in [0.717, 1.165) is 80.3 Å². The minimum Gasteiger partial charge on any atom is -0.340 e. The fraction of sp³-hybridized carbons (Fsp3) is 0.500. The summed E-state index contributed by atoms with van der Waals surface area (Å²) < 4.78 is 1.81. The standard InChI is InChI=1S/C34H46N6O2/c1-25-22-27(33(42)40-24-28-23-35-37(5)32(28)36-29-11-7-8-12-30(29)40)15-14-26(25)10-6-9-13-31(41)39-20-18-38(19-21-39)17-16-34(2,3)4/h7-8,11-12,14-15,22-23,36H,6,9-10,13,16-21,24H2,1-5H3. The first-order valence-corrected chi connectivity index (χ1v) is 15.4. The molecule has 5 rings (SSSR count). The highest BCUT2D eigenvalue weighted by molar-refractivity contribution is 6.08. The van der Waals surface area contributed by atoms with Crippen molar-refractivity contribution in [3.8, 4) is 0 Å². The number of fused-ring (bicyclic) bond motifs is 2. The number of aromatic nitrogens is 2. The second-order valence-corrected chi connectivity index (χ2v) is 13.1. The molecule has 0 saturated carbocycles. The minimum absolute atomic E-state index is 0.0281. The fourth-order valence-corrected chi connectivity index (χ4v) is 5.87. The molecule has 0 aliphatic carbocycles. The van der Waals surface area contributed by atoms with Gasteiger partial charge in [0.15, 0.2) is 0 Å². The molecule has 2 amide bonds. The molecule has 224 valence electrons. The van der Waals surface area contributed by atoms with Gasteiger partial charge in [-0.3, -0.25) is 19.2 Å². The second-order valence-electron chi connectivity index (χ2n) is 13.1. The van der Waals surface area contributed by atoms with Crippen molar-refractivity contribution in [2.24, 2.45) is 12.5 Å². The van der Waals surface area contributed by atoms with Crippen molar-refractivity contribution in [2.75, 3.05) is 42.9 Å². The van der Waals surface area contributed by atoms with Gasteiger partial charge in [-0.15, -0.1) is 0 Å². The molecule has 1 saturated heterocycles. The Morgan fingerprint density at radius 2 is 1.76 bits per heavy atom. The topological polar surface area (TPSA) is 73.7 Å². The molecule has 2 aliphatic rings. The Kier molecular flexibility index (Phi) is 9.02. The van der Waals surface area contributed by atoms with Crippen LogP contribution in [0.5, 0.6) is 0 Å². The fourth-order valence-electron chi connectivity index (χ4n) is 5.87. The van der Waals surface area contributed by atoms with E-state index in [-0.39, 0.29) is 11.8 Å². The van der Waals surface area contributed by atoms with Crippen molar-refractivity contribution >= 4 is 29.0 Å². The first kappa shape index (κ1) is 29.8. The number of nitrogens with one attached hydrogen (secondary N) is 1. The molecule has 0 bridgehead atoms. The number of aryl methyl sites for hydroxylation is 3. The van der Waals surface area contributed by atoms with Gasteiger partial charge >= 0.3 is 0 Å². The average Bonchev–Trinajstić information content (AvgIpc) is 3.21. The first-order valence-electron chi connectivity index (χ1n) is 15.4. The number of anilines is 3. The highest BCUT2D eigenvalue weighted by atomic mass is 16.2. The molecule has 2 aromatic carbocycles. The third-order valence-corrected chi connectivity index (χ3v) is 8.62. The van der Waals surface area contributed by atoms with Gasteiger partial charge in [0.2, 0.25) is 5.91 Å². The maximum Gasteiger partial charge on any atom is 0.258 e. The van der Waals surface area contributed by atoms with Crippen LogP contribution in [-0.4, -0.2) is 64.1 Å². The lowest BCUT2D eigenvalue weighted by atomic mass is 9.92. The molecule has 1 N–H and O–H groups in total. The van der Waals surface area contributed by atoms with Crippen LogP contribution in [0.2, 0.25) is 0 Å². The Bertz CT molecular complexity index is 1410. The lowest BCUT2D eigenvalue weighted by molar-refractivity contribution is -0.133. The zero-order valence-electron chi connectivity index (χ0n) is 25.9. The van der Waals surface area contributed by atoms with Crippen molar-refractivity contribution in [1.82, 2.24) is 19.6 Å². The second kappa shape index (κ2) is 12.7. The number of rotatable bonds is 8. The summed E-state index contributed by atoms with van der Waals surface area (Å²) in [6.45, 7) is 14.1. The maximum absolute atomic E-state index is 13.8. The van der Waals surface area contributed by atoms with Crippen LogP contribution in [0.4, 0.5) is 17.2 Å². The van der Waals surface area contributed by atoms with Gasteiger partial charge in [0.1, 0.15) is 5.82 Å². The highest BCUT2D eigenvalue weighted by Crippen LogP contribution is 2.36. The molecule has 8 nitrogen and oxygen atoms in total. The van der Waals surface area contributed by atoms with Crippen LogP contribution in [0.25, 0.3) is 0 Å². The summed E-state index contributed by atoms with van der Waals surface area (Å²) >= 11 is 0. The Labute approximate surface area is 250 Å². The average molecular weight is 571 g/mol. The van der Waals surface area contributed by atoms with Gasteiger partial charge in [0, 0.05) is 50.8 Å². The summed E-state index contributed by atoms with van der Waals surface area (Å²) in [5.41, 5.74) is 6.10. The predicted octanol–water partition coefficient (Wildman–Crippen LogP) is 5.93. The van der Waals surface area contributed by atoms with Crippen molar-refractivity contribution in [3.63, 3.8) is 0 Å². The number of para-hydroxylation sites is 2. The molecule has 8 heteroatoms. The SMILES string of the molecule is Cc1cc(C(=O)N2Cc3cnn(C)c3Nc3ccccc32)ccc1CCCCC(=O)N1CCN(CCC(C)(C)C)CC1. The predicted molar refractivity (Wildman–Crippen MR) is 169 cm³/mol. The first-order chi connectivity index (χ1) is 20.1. The number of nitrogens with zero attached hydrogens (tertiary/aromatic N) is 5. The summed E-state index contributed by atoms with van der Waals surface area (Å²) in [4.78, 5) is 33.0. The zero-order valence-corrected chi connectivity index (χ0v) is 25.9. The Hall–Kier alpha value is -3.65. The molecule has 0 spiro atoms. The van der Waals surface area contributed by atoms with E-state index < -0.39 is 0 Å². The van der Waals surface area contributed by atoms with Gasteiger partial charge in [0.25, 0.3) is 5.91 Å². The van der Waals surface area contributed by atoms with E-state index in [2.05, 4.69) is 49.1 Å². The smallest absolute Gasteiger partial charge is 0.258 e. The number of carbonyl (C=O) groups is 2. The zero-order chi connectivity index (χ0) is 29.9. The number of piperazine rings is 1. The lowest BCUT2D eigenvalue weighted by Gasteiger charge is -2.36. The molecule has 3 heterocycles. The molecular weight excluding hydrogens is 524 g/mol. The van der Waals surface area contributed by atoms with Crippen LogP contribution in [0.15, 0.2) is 48.7 Å². The highest BCUT2D eigenvalue weighted by Gasteiger charge is 2.27. The van der Waals surface area contributed by atoms with Crippen LogP contribution in [-0.2, 0) is 24.8 Å². The van der Waals surface area contributed by atoms with E-state index in [4.69, 9.17) is 0 Å². The van der Waals surface area contributed by atoms with E-state index in [1.165, 1.54) is 12.0 Å². The van der Waals surface area contributed by atoms with E-state index >= 15 is 0 Å². The van der Waals surface area contributed by atoms with Crippen molar-refractivity contribution < 1.29 is 9.59 Å². The van der Waals surface area contributed by atoms with Crippen LogP contribution in [0, 0.1) is 12.3 Å². The van der Waals surface area contributed by atoms with E-state index in [1.54, 1.807) is 0 Å². The van der Waals surface area contributed by atoms with Gasteiger partial charge in [-0.1, -0.05) is 39.0 Å². The third kappa shape index (κ3) is 7.04. The summed E-state index contributed by atoms with van der Waals surface area (Å²) in [6, 6.07) is 13.9. The Balaban J connectivity index is 1.13. The number of carbonyl (C=O) groups excluding carboxylic acids is 2. The van der Waals surface area contributed by atoms with E-state index in [0.29, 0.717) is 23.9 Å². The molecule has 0 radical (unpaired) electrons. The summed E-state index contributed by atoms with van der Waals surface area (Å²) in [5.74, 6) is 1.16. The molecule has 3 aromatic rings. The van der Waals surface area contributed by atoms with Crippen LogP contribution < -0.4 is 10.2 Å². The molecule has 2 aliphatic heterocycles. The van der Waals surface area contributed by atoms with Crippen LogP contribution in [0.3, 0.4) is 0 Å². The number of amides is 2. The van der Waals surface area contributed by atoms with Gasteiger partial charge in [-0.2, -0.15) is 5.10 Å². The Morgan fingerprint density at radius 1 is 1.00 bits per heavy atom. The van der Waals surface area contributed by atoms with Crippen LogP contribution in [0.1, 0.15) is 73.5 Å². The van der Waals surface area contributed by atoms with Crippen molar-refractivity contribution in [2.45, 2.75) is 66.3 Å². The minimum atomic E-state index is -0.0281. The normalized spacial score (nSPS) is 15.5. The Morgan fingerprint density at radius 3 is 2.50 bits per heavy atom. The molecule has 42 heavy (non-hydrogen) atoms. The van der Waals surface area contributed by atoms with Gasteiger partial charge in [-0.05, 0) is 80.0 Å². The largest absolute Gasteiger partial charge is 0.340 e. The van der Waals surface area contributed by atoms with Gasteiger partial charge < -0.3 is 15.1 Å². The quantitative estimate of drug-likeness (QED) is 0.340. The summed E-state index contributed by atoms with van der Waals surface area (Å²) in [5, 5.41) is 7.84. The van der Waals surface area contributed by atoms with E-state index in [1.807, 2.05) is 64.1 Å². The van der Waals surface area contributed by atoms with Gasteiger partial charge in [-0.25, -0.2) is 0 Å². The lowest BCUT2D eigenvalue weighted by Crippen LogP contribution is -2.49. The molecular formula is C34H46N6O2. The van der Waals surface area contributed by atoms with E-state index in [9.17, 15) is 9.59 Å². The number of benzene rings is 2. The van der Waals surface area contributed by atoms with Gasteiger partial charge in [0.05, 0.1) is 24.1 Å². The molecule has 0 atom stereocenters. The maximum atomic E-state index is 13.8. The van der Waals surface area contributed by atoms with Crippen molar-refractivity contribution in [3.05, 3.63) is 70.9 Å². The monoisotopic (exact) mass is 570 g/mol. The van der Waals surface area contributed by atoms with Crippen LogP contribution >= 0.6 is 0 Å².